The second-order valence-corrected chi connectivity index (χ2v) is 6.71. The van der Waals surface area contributed by atoms with Gasteiger partial charge in [0.15, 0.2) is 0 Å². The number of hydrogen-bond acceptors (Lipinski definition) is 5. The van der Waals surface area contributed by atoms with Gasteiger partial charge in [-0.2, -0.15) is 0 Å². The Morgan fingerprint density at radius 3 is 2.83 bits per heavy atom. The summed E-state index contributed by atoms with van der Waals surface area (Å²) in [6.07, 6.45) is 4.23. The number of anilines is 2. The Kier molecular flexibility index (Phi) is 3.60. The van der Waals surface area contributed by atoms with Gasteiger partial charge in [0.05, 0.1) is 6.04 Å². The van der Waals surface area contributed by atoms with E-state index in [-0.39, 0.29) is 0 Å². The molecule has 2 aromatic rings. The van der Waals surface area contributed by atoms with Crippen molar-refractivity contribution in [3.63, 3.8) is 0 Å². The van der Waals surface area contributed by atoms with E-state index in [1.54, 1.807) is 0 Å². The number of halogens is 1. The van der Waals surface area contributed by atoms with Crippen LogP contribution in [0.4, 0.5) is 11.6 Å². The number of aryl methyl sites for hydroxylation is 2. The number of nitrogens with zero attached hydrogens (tertiary/aromatic N) is 5. The monoisotopic (exact) mass is 329 g/mol. The second kappa shape index (κ2) is 5.64. The molecule has 4 heterocycles. The zero-order valence-corrected chi connectivity index (χ0v) is 14.2. The first-order valence-electron chi connectivity index (χ1n) is 8.09. The van der Waals surface area contributed by atoms with Crippen molar-refractivity contribution in [1.29, 1.82) is 0 Å². The van der Waals surface area contributed by atoms with E-state index in [4.69, 9.17) is 11.6 Å². The average Bonchev–Trinajstić information content (AvgIpc) is 2.50. The van der Waals surface area contributed by atoms with Gasteiger partial charge in [0, 0.05) is 31.4 Å². The van der Waals surface area contributed by atoms with Crippen LogP contribution in [0.1, 0.15) is 23.4 Å². The highest BCUT2D eigenvalue weighted by molar-refractivity contribution is 6.30. The fourth-order valence-corrected chi connectivity index (χ4v) is 3.71. The van der Waals surface area contributed by atoms with Gasteiger partial charge < -0.3 is 9.80 Å². The van der Waals surface area contributed by atoms with E-state index in [2.05, 4.69) is 30.8 Å². The molecule has 0 amide bonds. The van der Waals surface area contributed by atoms with E-state index in [1.807, 2.05) is 26.1 Å². The summed E-state index contributed by atoms with van der Waals surface area (Å²) in [5, 5.41) is 0.556. The van der Waals surface area contributed by atoms with Gasteiger partial charge >= 0.3 is 0 Å². The highest BCUT2D eigenvalue weighted by Gasteiger charge is 2.36. The summed E-state index contributed by atoms with van der Waals surface area (Å²) >= 11 is 6.20. The van der Waals surface area contributed by atoms with Gasteiger partial charge in [-0.3, -0.25) is 0 Å². The summed E-state index contributed by atoms with van der Waals surface area (Å²) < 4.78 is 0. The lowest BCUT2D eigenvalue weighted by Crippen LogP contribution is -2.61. The van der Waals surface area contributed by atoms with Crippen LogP contribution in [0.25, 0.3) is 0 Å². The van der Waals surface area contributed by atoms with Crippen LogP contribution in [0.5, 0.6) is 0 Å². The summed E-state index contributed by atoms with van der Waals surface area (Å²) in [5.74, 6) is 2.86. The highest BCUT2D eigenvalue weighted by atomic mass is 35.5. The molecule has 0 aromatic carbocycles. The summed E-state index contributed by atoms with van der Waals surface area (Å²) in [4.78, 5) is 18.2. The quantitative estimate of drug-likeness (QED) is 0.793. The molecule has 0 atom stereocenters. The number of rotatable bonds is 2. The summed E-state index contributed by atoms with van der Waals surface area (Å²) in [5.41, 5.74) is 2.34. The number of pyridine rings is 1. The maximum atomic E-state index is 6.20. The maximum absolute atomic E-state index is 6.20. The minimum Gasteiger partial charge on any atom is -0.352 e. The van der Waals surface area contributed by atoms with E-state index in [1.165, 1.54) is 12.0 Å². The third kappa shape index (κ3) is 2.53. The zero-order valence-electron chi connectivity index (χ0n) is 13.5. The lowest BCUT2D eigenvalue weighted by atomic mass is 10.00. The zero-order chi connectivity index (χ0) is 16.0. The largest absolute Gasteiger partial charge is 0.352 e. The fraction of sp³-hybridized carbons (Fsp3) is 0.471. The van der Waals surface area contributed by atoms with E-state index < -0.39 is 0 Å². The molecule has 0 aliphatic carbocycles. The summed E-state index contributed by atoms with van der Waals surface area (Å²) in [6.45, 7) is 6.89. The molecular weight excluding hydrogens is 310 g/mol. The van der Waals surface area contributed by atoms with Gasteiger partial charge in [-0.15, -0.1) is 0 Å². The molecule has 6 heteroatoms. The molecule has 120 valence electrons. The molecule has 23 heavy (non-hydrogen) atoms. The van der Waals surface area contributed by atoms with Crippen LogP contribution in [0, 0.1) is 13.8 Å². The molecule has 0 N–H and O–H groups in total. The van der Waals surface area contributed by atoms with Crippen molar-refractivity contribution in [2.45, 2.75) is 32.7 Å². The molecule has 0 bridgehead atoms. The fourth-order valence-electron chi connectivity index (χ4n) is 3.50. The summed E-state index contributed by atoms with van der Waals surface area (Å²) in [6, 6.07) is 4.73. The Morgan fingerprint density at radius 1 is 1.17 bits per heavy atom. The second-order valence-electron chi connectivity index (χ2n) is 6.35. The van der Waals surface area contributed by atoms with Crippen molar-refractivity contribution in [2.75, 3.05) is 29.4 Å². The minimum atomic E-state index is 0.498. The smallest absolute Gasteiger partial charge is 0.137 e. The van der Waals surface area contributed by atoms with Crippen LogP contribution in [-0.2, 0) is 6.42 Å². The Morgan fingerprint density at radius 2 is 2.00 bits per heavy atom. The van der Waals surface area contributed by atoms with Crippen LogP contribution >= 0.6 is 11.6 Å². The van der Waals surface area contributed by atoms with E-state index in [0.717, 1.165) is 49.1 Å². The number of fused-ring (bicyclic) bond motifs is 1. The Hall–Kier alpha value is -1.88. The molecule has 4 rings (SSSR count). The van der Waals surface area contributed by atoms with Crippen LogP contribution in [-0.4, -0.2) is 40.6 Å². The predicted octanol–water partition coefficient (Wildman–Crippen LogP) is 2.78. The Bertz CT molecular complexity index is 742. The molecule has 2 aromatic heterocycles. The Balaban J connectivity index is 1.53. The molecule has 2 aliphatic heterocycles. The molecule has 2 aliphatic rings. The predicted molar refractivity (Wildman–Crippen MR) is 92.4 cm³/mol. The molecular formula is C17H20ClN5. The van der Waals surface area contributed by atoms with Crippen molar-refractivity contribution in [1.82, 2.24) is 15.0 Å². The van der Waals surface area contributed by atoms with E-state index in [9.17, 15) is 0 Å². The number of hydrogen-bond donors (Lipinski definition) is 0. The van der Waals surface area contributed by atoms with Crippen molar-refractivity contribution >= 4 is 23.2 Å². The number of aromatic nitrogens is 3. The standard InChI is InChI=1S/C17H20ClN5/c1-11-15(18)20-12(2)21-16(11)22-9-14(10-22)23-8-4-6-13-5-3-7-19-17(13)23/h3,5,7,14H,4,6,8-10H2,1-2H3. The van der Waals surface area contributed by atoms with E-state index in [0.29, 0.717) is 11.2 Å². The van der Waals surface area contributed by atoms with Gasteiger partial charge in [0.1, 0.15) is 22.6 Å². The van der Waals surface area contributed by atoms with Crippen molar-refractivity contribution in [3.8, 4) is 0 Å². The van der Waals surface area contributed by atoms with Crippen LogP contribution in [0.2, 0.25) is 5.15 Å². The SMILES string of the molecule is Cc1nc(Cl)c(C)c(N2CC(N3CCCc4cccnc43)C2)n1. The van der Waals surface area contributed by atoms with Gasteiger partial charge in [0.2, 0.25) is 0 Å². The van der Waals surface area contributed by atoms with Gasteiger partial charge in [-0.05, 0) is 38.3 Å². The molecule has 5 nitrogen and oxygen atoms in total. The molecule has 0 spiro atoms. The molecule has 1 saturated heterocycles. The van der Waals surface area contributed by atoms with Gasteiger partial charge in [-0.25, -0.2) is 15.0 Å². The van der Waals surface area contributed by atoms with E-state index >= 15 is 0 Å². The van der Waals surface area contributed by atoms with Crippen LogP contribution in [0.15, 0.2) is 18.3 Å². The topological polar surface area (TPSA) is 45.2 Å². The maximum Gasteiger partial charge on any atom is 0.137 e. The first-order valence-corrected chi connectivity index (χ1v) is 8.47. The molecule has 0 radical (unpaired) electrons. The third-order valence-electron chi connectivity index (χ3n) is 4.76. The Labute approximate surface area is 141 Å². The third-order valence-corrected chi connectivity index (χ3v) is 5.13. The van der Waals surface area contributed by atoms with Gasteiger partial charge in [0.25, 0.3) is 0 Å². The normalized spacial score (nSPS) is 17.9. The van der Waals surface area contributed by atoms with Crippen LogP contribution < -0.4 is 9.80 Å². The highest BCUT2D eigenvalue weighted by Crippen LogP contribution is 2.32. The summed E-state index contributed by atoms with van der Waals surface area (Å²) in [7, 11) is 0. The average molecular weight is 330 g/mol. The van der Waals surface area contributed by atoms with Crippen molar-refractivity contribution in [2.24, 2.45) is 0 Å². The molecule has 0 saturated carbocycles. The minimum absolute atomic E-state index is 0.498. The van der Waals surface area contributed by atoms with Crippen LogP contribution in [0.3, 0.4) is 0 Å². The lowest BCUT2D eigenvalue weighted by molar-refractivity contribution is 0.455. The van der Waals surface area contributed by atoms with Gasteiger partial charge in [-0.1, -0.05) is 17.7 Å². The first kappa shape index (κ1) is 14.7. The van der Waals surface area contributed by atoms with Crippen molar-refractivity contribution in [3.05, 3.63) is 40.4 Å². The lowest BCUT2D eigenvalue weighted by Gasteiger charge is -2.48. The molecule has 1 fully saturated rings. The molecule has 0 unspecified atom stereocenters. The van der Waals surface area contributed by atoms with Crippen molar-refractivity contribution < 1.29 is 0 Å². The first-order chi connectivity index (χ1) is 11.1.